The number of methoxy groups -OCH3 is 2. The van der Waals surface area contributed by atoms with Crippen LogP contribution in [-0.4, -0.2) is 47.2 Å². The van der Waals surface area contributed by atoms with Crippen LogP contribution in [0.25, 0.3) is 0 Å². The number of alkyl halides is 2. The highest BCUT2D eigenvalue weighted by Gasteiger charge is 2.29. The van der Waals surface area contributed by atoms with Crippen LogP contribution in [0.4, 0.5) is 8.78 Å². The lowest BCUT2D eigenvalue weighted by molar-refractivity contribution is -0.149. The quantitative estimate of drug-likeness (QED) is 0.654. The van der Waals surface area contributed by atoms with Gasteiger partial charge in [0, 0.05) is 0 Å². The fourth-order valence-corrected chi connectivity index (χ4v) is 3.16. The largest absolute Gasteiger partial charge is 0.469 e. The Kier molecular flexibility index (Phi) is 7.52. The van der Waals surface area contributed by atoms with Gasteiger partial charge in [-0.05, 0) is 18.2 Å². The van der Waals surface area contributed by atoms with Crippen LogP contribution in [0.1, 0.15) is 6.42 Å². The van der Waals surface area contributed by atoms with Crippen molar-refractivity contribution in [2.45, 2.75) is 24.0 Å². The monoisotopic (exact) mass is 401 g/mol. The summed E-state index contributed by atoms with van der Waals surface area (Å²) >= 11 is 5.70. The maximum atomic E-state index is 12.3. The number of esters is 2. The zero-order valence-electron chi connectivity index (χ0n) is 13.0. The first kappa shape index (κ1) is 21.1. The Morgan fingerprint density at radius 1 is 1.24 bits per heavy atom. The predicted molar refractivity (Wildman–Crippen MR) is 80.8 cm³/mol. The number of benzene rings is 1. The van der Waals surface area contributed by atoms with Crippen molar-refractivity contribution in [1.82, 2.24) is 4.72 Å². The SMILES string of the molecule is COC(=O)C[C@H](NS(=O)(=O)c1ccc(OC(F)F)c(Cl)c1)C(=O)OC. The van der Waals surface area contributed by atoms with Gasteiger partial charge >= 0.3 is 18.6 Å². The molecule has 12 heteroatoms. The molecule has 1 rings (SSSR count). The third-order valence-corrected chi connectivity index (χ3v) is 4.58. The molecular weight excluding hydrogens is 388 g/mol. The number of hydrogen-bond acceptors (Lipinski definition) is 7. The van der Waals surface area contributed by atoms with E-state index >= 15 is 0 Å². The molecular formula is C13H14ClF2NO7S. The third-order valence-electron chi connectivity index (χ3n) is 2.81. The van der Waals surface area contributed by atoms with Gasteiger partial charge in [0.15, 0.2) is 0 Å². The van der Waals surface area contributed by atoms with Crippen LogP contribution in [0.15, 0.2) is 23.1 Å². The number of hydrogen-bond donors (Lipinski definition) is 1. The molecule has 1 aromatic rings. The first-order valence-corrected chi connectivity index (χ1v) is 8.38. The van der Waals surface area contributed by atoms with Crippen molar-refractivity contribution in [2.75, 3.05) is 14.2 Å². The molecule has 0 spiro atoms. The summed E-state index contributed by atoms with van der Waals surface area (Å²) in [5.41, 5.74) is 0. The van der Waals surface area contributed by atoms with Crippen molar-refractivity contribution >= 4 is 33.6 Å². The standard InChI is InChI=1S/C13H14ClF2NO7S/c1-22-11(18)6-9(12(19)23-2)17-25(20,21)7-3-4-10(8(14)5-7)24-13(15)16/h3-5,9,13,17H,6H2,1-2H3/t9-/m0/s1. The van der Waals surface area contributed by atoms with Crippen LogP contribution in [0.3, 0.4) is 0 Å². The van der Waals surface area contributed by atoms with Gasteiger partial charge in [0.2, 0.25) is 10.0 Å². The van der Waals surface area contributed by atoms with Crippen LogP contribution in [-0.2, 0) is 29.1 Å². The van der Waals surface area contributed by atoms with E-state index < -0.39 is 51.7 Å². The van der Waals surface area contributed by atoms with E-state index in [1.54, 1.807) is 0 Å². The molecule has 0 radical (unpaired) electrons. The minimum Gasteiger partial charge on any atom is -0.469 e. The number of carbonyl (C=O) groups excluding carboxylic acids is 2. The Morgan fingerprint density at radius 3 is 2.36 bits per heavy atom. The Hall–Kier alpha value is -1.98. The second kappa shape index (κ2) is 8.92. The van der Waals surface area contributed by atoms with E-state index in [4.69, 9.17) is 11.6 Å². The minimum absolute atomic E-state index is 0.384. The predicted octanol–water partition coefficient (Wildman–Crippen LogP) is 1.32. The van der Waals surface area contributed by atoms with Crippen LogP contribution in [0.5, 0.6) is 5.75 Å². The molecule has 8 nitrogen and oxygen atoms in total. The average molecular weight is 402 g/mol. The maximum absolute atomic E-state index is 12.3. The topological polar surface area (TPSA) is 108 Å². The summed E-state index contributed by atoms with van der Waals surface area (Å²) in [4.78, 5) is 22.5. The first-order chi connectivity index (χ1) is 11.6. The van der Waals surface area contributed by atoms with Crippen molar-refractivity contribution < 1.29 is 41.0 Å². The molecule has 0 saturated carbocycles. The summed E-state index contributed by atoms with van der Waals surface area (Å²) in [5.74, 6) is -2.29. The van der Waals surface area contributed by atoms with Crippen molar-refractivity contribution in [1.29, 1.82) is 0 Å². The number of carbonyl (C=O) groups is 2. The Labute approximate surface area is 147 Å². The minimum atomic E-state index is -4.32. The van der Waals surface area contributed by atoms with E-state index in [1.807, 2.05) is 4.72 Å². The second-order valence-electron chi connectivity index (χ2n) is 4.45. The van der Waals surface area contributed by atoms with Gasteiger partial charge in [-0.2, -0.15) is 13.5 Å². The average Bonchev–Trinajstić information content (AvgIpc) is 2.54. The summed E-state index contributed by atoms with van der Waals surface area (Å²) in [5, 5.41) is -0.384. The van der Waals surface area contributed by atoms with Gasteiger partial charge in [-0.3, -0.25) is 9.59 Å². The lowest BCUT2D eigenvalue weighted by Gasteiger charge is -2.16. The maximum Gasteiger partial charge on any atom is 0.387 e. The molecule has 0 fully saturated rings. The normalized spacial score (nSPS) is 12.6. The van der Waals surface area contributed by atoms with Gasteiger partial charge < -0.3 is 14.2 Å². The lowest BCUT2D eigenvalue weighted by Crippen LogP contribution is -2.43. The molecule has 1 atom stereocenters. The van der Waals surface area contributed by atoms with Crippen LogP contribution in [0.2, 0.25) is 5.02 Å². The molecule has 0 aliphatic rings. The van der Waals surface area contributed by atoms with Crippen molar-refractivity contribution in [3.05, 3.63) is 23.2 Å². The smallest absolute Gasteiger partial charge is 0.387 e. The van der Waals surface area contributed by atoms with Crippen molar-refractivity contribution in [3.8, 4) is 5.75 Å². The van der Waals surface area contributed by atoms with Crippen molar-refractivity contribution in [2.24, 2.45) is 0 Å². The summed E-state index contributed by atoms with van der Waals surface area (Å²) in [7, 11) is -2.25. The van der Waals surface area contributed by atoms with Gasteiger partial charge in [0.05, 0.1) is 30.6 Å². The molecule has 0 saturated heterocycles. The van der Waals surface area contributed by atoms with Gasteiger partial charge in [-0.15, -0.1) is 0 Å². The van der Waals surface area contributed by atoms with Gasteiger partial charge in [0.1, 0.15) is 11.8 Å². The molecule has 0 aromatic heterocycles. The number of ether oxygens (including phenoxy) is 3. The first-order valence-electron chi connectivity index (χ1n) is 6.52. The highest BCUT2D eigenvalue weighted by molar-refractivity contribution is 7.89. The van der Waals surface area contributed by atoms with Crippen LogP contribution in [0, 0.1) is 0 Å². The summed E-state index contributed by atoms with van der Waals surface area (Å²) in [6, 6.07) is 1.18. The fourth-order valence-electron chi connectivity index (χ4n) is 1.66. The molecule has 0 bridgehead atoms. The Morgan fingerprint density at radius 2 is 1.88 bits per heavy atom. The molecule has 0 aliphatic heterocycles. The van der Waals surface area contributed by atoms with Gasteiger partial charge in [0.25, 0.3) is 0 Å². The highest BCUT2D eigenvalue weighted by Crippen LogP contribution is 2.28. The molecule has 25 heavy (non-hydrogen) atoms. The molecule has 0 heterocycles. The van der Waals surface area contributed by atoms with E-state index in [2.05, 4.69) is 14.2 Å². The van der Waals surface area contributed by atoms with Crippen molar-refractivity contribution in [3.63, 3.8) is 0 Å². The van der Waals surface area contributed by atoms with E-state index in [0.29, 0.717) is 0 Å². The fraction of sp³-hybridized carbons (Fsp3) is 0.385. The van der Waals surface area contributed by atoms with Gasteiger partial charge in [-0.25, -0.2) is 8.42 Å². The van der Waals surface area contributed by atoms with Gasteiger partial charge in [-0.1, -0.05) is 11.6 Å². The van der Waals surface area contributed by atoms with E-state index in [0.717, 1.165) is 32.4 Å². The molecule has 1 aromatic carbocycles. The number of rotatable bonds is 8. The Balaban J connectivity index is 3.07. The van der Waals surface area contributed by atoms with E-state index in [9.17, 15) is 26.8 Å². The van der Waals surface area contributed by atoms with E-state index in [-0.39, 0.29) is 5.02 Å². The van der Waals surface area contributed by atoms with Crippen LogP contribution < -0.4 is 9.46 Å². The molecule has 0 unspecified atom stereocenters. The zero-order valence-corrected chi connectivity index (χ0v) is 14.6. The molecule has 0 amide bonds. The summed E-state index contributed by atoms with van der Waals surface area (Å²) in [6.45, 7) is -3.14. The second-order valence-corrected chi connectivity index (χ2v) is 6.57. The zero-order chi connectivity index (χ0) is 19.2. The summed E-state index contributed by atoms with van der Waals surface area (Å²) < 4.78 is 63.8. The Bertz CT molecular complexity index is 742. The highest BCUT2D eigenvalue weighted by atomic mass is 35.5. The lowest BCUT2D eigenvalue weighted by atomic mass is 10.2. The number of nitrogens with one attached hydrogen (secondary N) is 1. The van der Waals surface area contributed by atoms with E-state index in [1.165, 1.54) is 0 Å². The molecule has 0 aliphatic carbocycles. The number of sulfonamides is 1. The molecule has 1 N–H and O–H groups in total. The summed E-state index contributed by atoms with van der Waals surface area (Å²) in [6.07, 6.45) is -0.608. The molecule has 140 valence electrons. The van der Waals surface area contributed by atoms with Crippen LogP contribution >= 0.6 is 11.6 Å². The third kappa shape index (κ3) is 6.11. The number of halogens is 3.